The molecular weight excluding hydrogens is 382 g/mol. The highest BCUT2D eigenvalue weighted by atomic mass is 79.9. The van der Waals surface area contributed by atoms with E-state index in [1.807, 2.05) is 0 Å². The quantitative estimate of drug-likeness (QED) is 0.554. The van der Waals surface area contributed by atoms with Crippen molar-refractivity contribution in [3.63, 3.8) is 0 Å². The van der Waals surface area contributed by atoms with Gasteiger partial charge in [-0.2, -0.15) is 4.31 Å². The van der Waals surface area contributed by atoms with Crippen molar-refractivity contribution < 1.29 is 8.42 Å². The van der Waals surface area contributed by atoms with Gasteiger partial charge in [0.25, 0.3) is 0 Å². The molecule has 0 radical (unpaired) electrons. The topological polar surface area (TPSA) is 37.4 Å². The average Bonchev–Trinajstić information content (AvgIpc) is 2.80. The Kier molecular flexibility index (Phi) is 8.05. The van der Waals surface area contributed by atoms with E-state index >= 15 is 0 Å². The SMILES string of the molecule is CCCCN(CCCC)S(=O)(=O)c1cc(CCl)sc1Br. The summed E-state index contributed by atoms with van der Waals surface area (Å²) in [5.74, 6) is 0.336. The summed E-state index contributed by atoms with van der Waals surface area (Å²) >= 11 is 10.5. The first-order valence-corrected chi connectivity index (χ1v) is 10.4. The molecule has 0 bridgehead atoms. The third-order valence-electron chi connectivity index (χ3n) is 2.98. The van der Waals surface area contributed by atoms with Crippen LogP contribution < -0.4 is 0 Å². The molecule has 0 spiro atoms. The van der Waals surface area contributed by atoms with E-state index in [2.05, 4.69) is 29.8 Å². The van der Waals surface area contributed by atoms with E-state index < -0.39 is 10.0 Å². The van der Waals surface area contributed by atoms with E-state index in [0.29, 0.717) is 27.7 Å². The smallest absolute Gasteiger partial charge is 0.207 e. The molecule has 0 fully saturated rings. The highest BCUT2D eigenvalue weighted by Crippen LogP contribution is 2.34. The molecule has 0 aliphatic heterocycles. The van der Waals surface area contributed by atoms with Crippen LogP contribution in [0.4, 0.5) is 0 Å². The van der Waals surface area contributed by atoms with Gasteiger partial charge in [0.05, 0.1) is 9.67 Å². The number of alkyl halides is 1. The van der Waals surface area contributed by atoms with Crippen LogP contribution in [0.2, 0.25) is 0 Å². The largest absolute Gasteiger partial charge is 0.245 e. The molecule has 0 aromatic carbocycles. The molecule has 7 heteroatoms. The van der Waals surface area contributed by atoms with Crippen LogP contribution in [0.3, 0.4) is 0 Å². The number of sulfonamides is 1. The molecule has 0 saturated heterocycles. The zero-order valence-electron chi connectivity index (χ0n) is 11.9. The van der Waals surface area contributed by atoms with E-state index in [0.717, 1.165) is 30.6 Å². The van der Waals surface area contributed by atoms with Crippen molar-refractivity contribution in [2.75, 3.05) is 13.1 Å². The Morgan fingerprint density at radius 2 is 1.80 bits per heavy atom. The normalized spacial score (nSPS) is 12.2. The lowest BCUT2D eigenvalue weighted by atomic mass is 10.3. The Balaban J connectivity index is 3.03. The summed E-state index contributed by atoms with van der Waals surface area (Å²) in [6.45, 7) is 5.29. The van der Waals surface area contributed by atoms with Crippen molar-refractivity contribution in [1.82, 2.24) is 4.31 Å². The predicted molar refractivity (Wildman–Crippen MR) is 90.2 cm³/mol. The molecule has 0 saturated carbocycles. The van der Waals surface area contributed by atoms with Gasteiger partial charge in [-0.1, -0.05) is 26.7 Å². The molecule has 116 valence electrons. The van der Waals surface area contributed by atoms with Crippen LogP contribution in [-0.2, 0) is 15.9 Å². The Morgan fingerprint density at radius 1 is 1.25 bits per heavy atom. The third-order valence-corrected chi connectivity index (χ3v) is 7.58. The summed E-state index contributed by atoms with van der Waals surface area (Å²) in [6.07, 6.45) is 3.73. The Morgan fingerprint density at radius 3 is 2.20 bits per heavy atom. The van der Waals surface area contributed by atoms with Gasteiger partial charge in [0.1, 0.15) is 4.90 Å². The Hall–Kier alpha value is 0.380. The van der Waals surface area contributed by atoms with Crippen LogP contribution in [0.25, 0.3) is 0 Å². The fraction of sp³-hybridized carbons (Fsp3) is 0.692. The summed E-state index contributed by atoms with van der Waals surface area (Å²) in [7, 11) is -3.43. The maximum Gasteiger partial charge on any atom is 0.245 e. The molecule has 1 aromatic rings. The molecule has 1 rings (SSSR count). The second-order valence-electron chi connectivity index (χ2n) is 4.60. The number of unbranched alkanes of at least 4 members (excludes halogenated alkanes) is 2. The maximum absolute atomic E-state index is 12.8. The number of hydrogen-bond donors (Lipinski definition) is 0. The van der Waals surface area contributed by atoms with Crippen LogP contribution in [-0.4, -0.2) is 25.8 Å². The molecule has 1 aromatic heterocycles. The van der Waals surface area contributed by atoms with Gasteiger partial charge in [0.15, 0.2) is 0 Å². The summed E-state index contributed by atoms with van der Waals surface area (Å²) in [5.41, 5.74) is 0. The zero-order valence-corrected chi connectivity index (χ0v) is 15.8. The number of rotatable bonds is 9. The number of nitrogens with zero attached hydrogens (tertiary/aromatic N) is 1. The number of halogens is 2. The summed E-state index contributed by atoms with van der Waals surface area (Å²) < 4.78 is 27.8. The zero-order chi connectivity index (χ0) is 15.2. The van der Waals surface area contributed by atoms with Gasteiger partial charge in [-0.3, -0.25) is 0 Å². The maximum atomic E-state index is 12.8. The molecule has 20 heavy (non-hydrogen) atoms. The number of hydrogen-bond acceptors (Lipinski definition) is 3. The molecular formula is C13H21BrClNO2S2. The molecule has 0 atom stereocenters. The van der Waals surface area contributed by atoms with Gasteiger partial charge < -0.3 is 0 Å². The van der Waals surface area contributed by atoms with Gasteiger partial charge in [0.2, 0.25) is 10.0 Å². The lowest BCUT2D eigenvalue weighted by Crippen LogP contribution is -2.33. The van der Waals surface area contributed by atoms with Gasteiger partial charge >= 0.3 is 0 Å². The van der Waals surface area contributed by atoms with Crippen LogP contribution in [0.5, 0.6) is 0 Å². The standard InChI is InChI=1S/C13H21BrClNO2S2/c1-3-5-7-16(8-6-4-2)20(17,18)12-9-11(10-15)19-13(12)14/h9H,3-8,10H2,1-2H3. The highest BCUT2D eigenvalue weighted by molar-refractivity contribution is 9.11. The van der Waals surface area contributed by atoms with E-state index in [4.69, 9.17) is 11.6 Å². The van der Waals surface area contributed by atoms with Crippen molar-refractivity contribution >= 4 is 48.9 Å². The van der Waals surface area contributed by atoms with Gasteiger partial charge in [-0.05, 0) is 34.8 Å². The van der Waals surface area contributed by atoms with Crippen molar-refractivity contribution in [3.8, 4) is 0 Å². The minimum absolute atomic E-state index is 0.336. The second-order valence-corrected chi connectivity index (χ2v) is 9.22. The van der Waals surface area contributed by atoms with Crippen LogP contribution in [0.1, 0.15) is 44.4 Å². The van der Waals surface area contributed by atoms with E-state index in [1.165, 1.54) is 11.3 Å². The minimum Gasteiger partial charge on any atom is -0.207 e. The van der Waals surface area contributed by atoms with Crippen molar-refractivity contribution in [3.05, 3.63) is 14.7 Å². The summed E-state index contributed by atoms with van der Waals surface area (Å²) in [6, 6.07) is 1.68. The van der Waals surface area contributed by atoms with E-state index in [1.54, 1.807) is 10.4 Å². The average molecular weight is 403 g/mol. The predicted octanol–water partition coefficient (Wildman–Crippen LogP) is 4.84. The minimum atomic E-state index is -3.43. The molecule has 0 aliphatic carbocycles. The van der Waals surface area contributed by atoms with Crippen LogP contribution in [0, 0.1) is 0 Å². The lowest BCUT2D eigenvalue weighted by molar-refractivity contribution is 0.395. The van der Waals surface area contributed by atoms with Gasteiger partial charge in [0, 0.05) is 18.0 Å². The van der Waals surface area contributed by atoms with Crippen molar-refractivity contribution in [2.45, 2.75) is 50.3 Å². The van der Waals surface area contributed by atoms with Gasteiger partial charge in [-0.25, -0.2) is 8.42 Å². The van der Waals surface area contributed by atoms with E-state index in [9.17, 15) is 8.42 Å². The van der Waals surface area contributed by atoms with Crippen molar-refractivity contribution in [1.29, 1.82) is 0 Å². The first kappa shape index (κ1) is 18.4. The summed E-state index contributed by atoms with van der Waals surface area (Å²) in [5, 5.41) is 0. The van der Waals surface area contributed by atoms with E-state index in [-0.39, 0.29) is 0 Å². The third kappa shape index (κ3) is 4.70. The molecule has 0 N–H and O–H groups in total. The molecule has 0 unspecified atom stereocenters. The fourth-order valence-corrected chi connectivity index (χ4v) is 6.04. The van der Waals surface area contributed by atoms with Gasteiger partial charge in [-0.15, -0.1) is 22.9 Å². The molecule has 0 amide bonds. The van der Waals surface area contributed by atoms with Crippen LogP contribution >= 0.6 is 38.9 Å². The fourth-order valence-electron chi connectivity index (χ4n) is 1.80. The molecule has 0 aliphatic rings. The second kappa shape index (κ2) is 8.73. The van der Waals surface area contributed by atoms with Crippen LogP contribution in [0.15, 0.2) is 14.7 Å². The monoisotopic (exact) mass is 401 g/mol. The Labute approximate surface area is 139 Å². The first-order valence-electron chi connectivity index (χ1n) is 6.81. The highest BCUT2D eigenvalue weighted by Gasteiger charge is 2.27. The molecule has 3 nitrogen and oxygen atoms in total. The summed E-state index contributed by atoms with van der Waals surface area (Å²) in [4.78, 5) is 1.22. The lowest BCUT2D eigenvalue weighted by Gasteiger charge is -2.21. The Bertz CT molecular complexity index is 508. The van der Waals surface area contributed by atoms with Crippen molar-refractivity contribution in [2.24, 2.45) is 0 Å². The first-order chi connectivity index (χ1) is 9.47. The number of thiophene rings is 1. The molecule has 1 heterocycles.